The molecule has 1 amide bonds. The molecule has 0 aliphatic carbocycles. The topological polar surface area (TPSA) is 109 Å². The van der Waals surface area contributed by atoms with Gasteiger partial charge in [-0.3, -0.25) is 4.79 Å². The molecule has 3 N–H and O–H groups in total. The molecule has 1 aromatic heterocycles. The van der Waals surface area contributed by atoms with Gasteiger partial charge >= 0.3 is 0 Å². The van der Waals surface area contributed by atoms with Crippen molar-refractivity contribution in [1.29, 1.82) is 0 Å². The van der Waals surface area contributed by atoms with Crippen LogP contribution in [0.3, 0.4) is 0 Å². The van der Waals surface area contributed by atoms with Crippen LogP contribution < -0.4 is 5.73 Å². The van der Waals surface area contributed by atoms with Gasteiger partial charge in [0.05, 0.1) is 12.7 Å². The van der Waals surface area contributed by atoms with Crippen LogP contribution in [-0.2, 0) is 21.2 Å². The second-order valence-corrected chi connectivity index (χ2v) is 6.02. The van der Waals surface area contributed by atoms with Crippen LogP contribution >= 0.6 is 0 Å². The molecule has 102 valence electrons. The van der Waals surface area contributed by atoms with Crippen LogP contribution in [0.15, 0.2) is 11.2 Å². The number of imidazole rings is 1. The van der Waals surface area contributed by atoms with Crippen LogP contribution in [0.5, 0.6) is 0 Å². The number of aryl methyl sites for hydroxylation is 1. The molecule has 0 aliphatic rings. The number of carbonyl (C=O) groups is 1. The molecule has 0 atom stereocenters. The minimum atomic E-state index is -3.77. The molecule has 0 unspecified atom stereocenters. The summed E-state index contributed by atoms with van der Waals surface area (Å²) in [6.07, 6.45) is 1.86. The largest absolute Gasteiger partial charge is 0.369 e. The van der Waals surface area contributed by atoms with Crippen molar-refractivity contribution in [2.75, 3.05) is 6.54 Å². The van der Waals surface area contributed by atoms with E-state index in [1.807, 2.05) is 6.92 Å². The van der Waals surface area contributed by atoms with Crippen molar-refractivity contribution in [2.45, 2.75) is 38.3 Å². The number of aromatic amines is 1. The third-order valence-corrected chi connectivity index (χ3v) is 4.35. The third-order valence-electron chi connectivity index (χ3n) is 2.41. The Morgan fingerprint density at radius 2 is 2.17 bits per heavy atom. The summed E-state index contributed by atoms with van der Waals surface area (Å²) in [5.41, 5.74) is 5.07. The van der Waals surface area contributed by atoms with Gasteiger partial charge in [0.2, 0.25) is 5.91 Å². The van der Waals surface area contributed by atoms with Crippen molar-refractivity contribution in [2.24, 2.45) is 5.73 Å². The number of primary amides is 1. The summed E-state index contributed by atoms with van der Waals surface area (Å²) in [6.45, 7) is 4.87. The van der Waals surface area contributed by atoms with E-state index in [1.165, 1.54) is 6.20 Å². The summed E-state index contributed by atoms with van der Waals surface area (Å²) in [6, 6.07) is -0.365. The number of aromatic nitrogens is 2. The summed E-state index contributed by atoms with van der Waals surface area (Å²) in [5, 5.41) is -0.0192. The molecule has 0 aromatic carbocycles. The van der Waals surface area contributed by atoms with E-state index in [0.717, 1.165) is 4.31 Å². The van der Waals surface area contributed by atoms with Gasteiger partial charge in [-0.25, -0.2) is 13.4 Å². The lowest BCUT2D eigenvalue weighted by Crippen LogP contribution is -2.42. The first-order valence-corrected chi connectivity index (χ1v) is 7.07. The van der Waals surface area contributed by atoms with Gasteiger partial charge in [-0.15, -0.1) is 0 Å². The molecule has 1 rings (SSSR count). The number of nitrogens with one attached hydrogen (secondary N) is 1. The third kappa shape index (κ3) is 3.08. The molecule has 0 spiro atoms. The molecule has 0 bridgehead atoms. The number of hydrogen-bond donors (Lipinski definition) is 2. The first-order valence-electron chi connectivity index (χ1n) is 5.63. The number of nitrogens with zero attached hydrogens (tertiary/aromatic N) is 2. The Bertz CT molecular complexity index is 521. The normalized spacial score (nSPS) is 12.3. The minimum absolute atomic E-state index is 0.0192. The number of nitrogens with two attached hydrogens (primary N) is 1. The highest BCUT2D eigenvalue weighted by molar-refractivity contribution is 7.89. The first kappa shape index (κ1) is 14.7. The lowest BCUT2D eigenvalue weighted by molar-refractivity contribution is -0.118. The van der Waals surface area contributed by atoms with E-state index < -0.39 is 15.9 Å². The summed E-state index contributed by atoms with van der Waals surface area (Å²) >= 11 is 0. The lowest BCUT2D eigenvalue weighted by Gasteiger charge is -2.23. The Labute approximate surface area is 106 Å². The Kier molecular flexibility index (Phi) is 4.47. The monoisotopic (exact) mass is 274 g/mol. The molecule has 0 radical (unpaired) electrons. The summed E-state index contributed by atoms with van der Waals surface area (Å²) in [7, 11) is -3.77. The molecule has 1 heterocycles. The van der Waals surface area contributed by atoms with Crippen molar-refractivity contribution in [3.05, 3.63) is 12.0 Å². The van der Waals surface area contributed by atoms with Gasteiger partial charge in [-0.2, -0.15) is 4.31 Å². The van der Waals surface area contributed by atoms with Crippen LogP contribution in [0.25, 0.3) is 0 Å². The summed E-state index contributed by atoms with van der Waals surface area (Å²) in [5.74, 6) is -0.112. The van der Waals surface area contributed by atoms with Gasteiger partial charge in [0.1, 0.15) is 5.82 Å². The Hall–Kier alpha value is -1.41. The molecular weight excluding hydrogens is 256 g/mol. The van der Waals surface area contributed by atoms with Crippen LogP contribution in [-0.4, -0.2) is 41.2 Å². The summed E-state index contributed by atoms with van der Waals surface area (Å²) < 4.78 is 25.6. The number of carbonyl (C=O) groups excluding carboxylic acids is 1. The Balaban J connectivity index is 3.12. The second kappa shape index (κ2) is 5.49. The zero-order chi connectivity index (χ0) is 13.9. The standard InChI is InChI=1S/C10H18N4O3S/c1-4-9-12-5-10(13-9)18(16,17)14(7(2)3)6-8(11)15/h5,7H,4,6H2,1-3H3,(H2,11,15)(H,12,13). The van der Waals surface area contributed by atoms with Crippen molar-refractivity contribution >= 4 is 15.9 Å². The van der Waals surface area contributed by atoms with Crippen molar-refractivity contribution in [3.8, 4) is 0 Å². The fourth-order valence-electron chi connectivity index (χ4n) is 1.48. The van der Waals surface area contributed by atoms with Gasteiger partial charge in [-0.05, 0) is 13.8 Å². The van der Waals surface area contributed by atoms with E-state index in [0.29, 0.717) is 12.2 Å². The van der Waals surface area contributed by atoms with Crippen molar-refractivity contribution in [1.82, 2.24) is 14.3 Å². The predicted molar refractivity (Wildman–Crippen MR) is 66.2 cm³/mol. The number of H-pyrrole nitrogens is 1. The van der Waals surface area contributed by atoms with E-state index in [2.05, 4.69) is 9.97 Å². The summed E-state index contributed by atoms with van der Waals surface area (Å²) in [4.78, 5) is 17.6. The second-order valence-electron chi connectivity index (χ2n) is 4.16. The number of rotatable bonds is 6. The smallest absolute Gasteiger partial charge is 0.260 e. The van der Waals surface area contributed by atoms with Crippen LogP contribution in [0.4, 0.5) is 0 Å². The molecule has 1 aromatic rings. The average Bonchev–Trinajstić information content (AvgIpc) is 2.74. The quantitative estimate of drug-likeness (QED) is 0.752. The molecule has 8 heteroatoms. The highest BCUT2D eigenvalue weighted by atomic mass is 32.2. The minimum Gasteiger partial charge on any atom is -0.369 e. The first-order chi connectivity index (χ1) is 8.28. The van der Waals surface area contributed by atoms with Gasteiger partial charge in [0, 0.05) is 12.5 Å². The molecule has 18 heavy (non-hydrogen) atoms. The molecule has 0 fully saturated rings. The van der Waals surface area contributed by atoms with Crippen molar-refractivity contribution < 1.29 is 13.2 Å². The van der Waals surface area contributed by atoms with Crippen LogP contribution in [0.2, 0.25) is 0 Å². The molecule has 0 saturated carbocycles. The molecule has 0 aliphatic heterocycles. The van der Waals surface area contributed by atoms with Gasteiger partial charge in [0.25, 0.3) is 10.0 Å². The fourth-order valence-corrected chi connectivity index (χ4v) is 3.02. The number of amides is 1. The van der Waals surface area contributed by atoms with E-state index in [4.69, 9.17) is 5.73 Å². The zero-order valence-electron chi connectivity index (χ0n) is 10.7. The van der Waals surface area contributed by atoms with E-state index >= 15 is 0 Å². The molecule has 7 nitrogen and oxygen atoms in total. The average molecular weight is 274 g/mol. The van der Waals surface area contributed by atoms with E-state index in [-0.39, 0.29) is 17.6 Å². The number of sulfonamides is 1. The van der Waals surface area contributed by atoms with Crippen LogP contribution in [0, 0.1) is 0 Å². The van der Waals surface area contributed by atoms with E-state index in [1.54, 1.807) is 13.8 Å². The van der Waals surface area contributed by atoms with Crippen molar-refractivity contribution in [3.63, 3.8) is 0 Å². The van der Waals surface area contributed by atoms with E-state index in [9.17, 15) is 13.2 Å². The maximum atomic E-state index is 12.3. The highest BCUT2D eigenvalue weighted by Crippen LogP contribution is 2.16. The maximum absolute atomic E-state index is 12.3. The number of hydrogen-bond acceptors (Lipinski definition) is 4. The maximum Gasteiger partial charge on any atom is 0.260 e. The van der Waals surface area contributed by atoms with Gasteiger partial charge in [0.15, 0.2) is 5.03 Å². The van der Waals surface area contributed by atoms with Gasteiger partial charge < -0.3 is 10.7 Å². The Morgan fingerprint density at radius 3 is 2.56 bits per heavy atom. The van der Waals surface area contributed by atoms with Crippen LogP contribution in [0.1, 0.15) is 26.6 Å². The molecule has 0 saturated heterocycles. The lowest BCUT2D eigenvalue weighted by atomic mass is 10.4. The van der Waals surface area contributed by atoms with Gasteiger partial charge in [-0.1, -0.05) is 6.92 Å². The highest BCUT2D eigenvalue weighted by Gasteiger charge is 2.29. The Morgan fingerprint density at radius 1 is 1.56 bits per heavy atom. The predicted octanol–water partition coefficient (Wildman–Crippen LogP) is -0.143. The molecular formula is C10H18N4O3S. The fraction of sp³-hybridized carbons (Fsp3) is 0.600. The zero-order valence-corrected chi connectivity index (χ0v) is 11.5. The SMILES string of the molecule is CCc1ncc(S(=O)(=O)N(CC(N)=O)C(C)C)[nH]1.